The Hall–Kier alpha value is -1.47. The molecule has 2 aliphatic rings. The van der Waals surface area contributed by atoms with E-state index in [1.54, 1.807) is 24.3 Å². The van der Waals surface area contributed by atoms with Crippen LogP contribution in [0.3, 0.4) is 0 Å². The van der Waals surface area contributed by atoms with E-state index < -0.39 is 12.2 Å². The number of carbonyl (C=O) groups excluding carboxylic acids is 1. The topological polar surface area (TPSA) is 93.0 Å². The van der Waals surface area contributed by atoms with Crippen LogP contribution in [0.25, 0.3) is 0 Å². The number of piperidine rings is 1. The van der Waals surface area contributed by atoms with Crippen molar-refractivity contribution in [1.29, 1.82) is 0 Å². The molecule has 1 aliphatic heterocycles. The molecule has 6 heteroatoms. The molecular formula is C25H40N2O4. The fourth-order valence-electron chi connectivity index (χ4n) is 5.28. The molecule has 1 saturated heterocycles. The van der Waals surface area contributed by atoms with Crippen LogP contribution in [0.5, 0.6) is 0 Å². The van der Waals surface area contributed by atoms with Gasteiger partial charge in [0.2, 0.25) is 5.91 Å². The number of likely N-dealkylation sites (tertiary alicyclic amines) is 1. The summed E-state index contributed by atoms with van der Waals surface area (Å²) in [5.74, 6) is 0.638. The monoisotopic (exact) mass is 432 g/mol. The summed E-state index contributed by atoms with van der Waals surface area (Å²) in [4.78, 5) is 15.3. The molecule has 31 heavy (non-hydrogen) atoms. The van der Waals surface area contributed by atoms with Crippen LogP contribution in [-0.2, 0) is 11.4 Å². The lowest BCUT2D eigenvalue weighted by atomic mass is 9.76. The first kappa shape index (κ1) is 24.2. The third kappa shape index (κ3) is 6.51. The Morgan fingerprint density at radius 2 is 1.77 bits per heavy atom. The van der Waals surface area contributed by atoms with Gasteiger partial charge in [0.15, 0.2) is 0 Å². The molecule has 4 N–H and O–H groups in total. The van der Waals surface area contributed by atoms with E-state index in [2.05, 4.69) is 10.2 Å². The maximum atomic E-state index is 13.1. The highest BCUT2D eigenvalue weighted by Crippen LogP contribution is 2.38. The standard InChI is InChI=1S/C25H40N2O4/c1-25(2,3)26-24(31)22-13-12-18-6-4-5-7-21(18)27(22)15-20(29)14-23(30)19-10-8-17(16-28)9-11-19/h8-11,18,20-23,28-30H,4-7,12-16H2,1-3H3,(H,26,31)/t18-,20+,21-,22-,23-/m1/s1. The Balaban J connectivity index is 1.69. The first-order chi connectivity index (χ1) is 14.7. The number of rotatable bonds is 7. The highest BCUT2D eigenvalue weighted by Gasteiger charge is 2.42. The SMILES string of the molecule is CC(C)(C)NC(=O)[C@H]1CC[C@H]2CCCC[C@H]2N1C[C@@H](O)C[C@@H](O)c1ccc(CO)cc1. The van der Waals surface area contributed by atoms with Gasteiger partial charge in [-0.1, -0.05) is 37.1 Å². The van der Waals surface area contributed by atoms with Crippen LogP contribution in [0, 0.1) is 5.92 Å². The Bertz CT molecular complexity index is 715. The molecule has 1 amide bonds. The van der Waals surface area contributed by atoms with Crippen LogP contribution >= 0.6 is 0 Å². The minimum Gasteiger partial charge on any atom is -0.392 e. The number of aliphatic hydroxyl groups is 3. The van der Waals surface area contributed by atoms with E-state index in [-0.39, 0.29) is 30.5 Å². The average molecular weight is 433 g/mol. The van der Waals surface area contributed by atoms with Crippen molar-refractivity contribution in [2.24, 2.45) is 5.92 Å². The predicted molar refractivity (Wildman–Crippen MR) is 121 cm³/mol. The fraction of sp³-hybridized carbons (Fsp3) is 0.720. The van der Waals surface area contributed by atoms with Crippen molar-refractivity contribution in [1.82, 2.24) is 10.2 Å². The lowest BCUT2D eigenvalue weighted by Gasteiger charge is -2.49. The quantitative estimate of drug-likeness (QED) is 0.532. The van der Waals surface area contributed by atoms with Gasteiger partial charge in [0.05, 0.1) is 24.9 Å². The van der Waals surface area contributed by atoms with E-state index in [0.29, 0.717) is 18.5 Å². The van der Waals surface area contributed by atoms with Crippen molar-refractivity contribution in [3.8, 4) is 0 Å². The molecule has 174 valence electrons. The fourth-order valence-corrected chi connectivity index (χ4v) is 5.28. The molecule has 5 atom stereocenters. The van der Waals surface area contributed by atoms with E-state index in [1.807, 2.05) is 20.8 Å². The van der Waals surface area contributed by atoms with Gasteiger partial charge in [-0.15, -0.1) is 0 Å². The smallest absolute Gasteiger partial charge is 0.237 e. The highest BCUT2D eigenvalue weighted by molar-refractivity contribution is 5.82. The number of fused-ring (bicyclic) bond motifs is 1. The van der Waals surface area contributed by atoms with E-state index in [0.717, 1.165) is 30.4 Å². The molecule has 6 nitrogen and oxygen atoms in total. The normalized spacial score (nSPS) is 26.7. The molecule has 0 radical (unpaired) electrons. The van der Waals surface area contributed by atoms with Gasteiger partial charge in [-0.2, -0.15) is 0 Å². The highest BCUT2D eigenvalue weighted by atomic mass is 16.3. The number of nitrogens with zero attached hydrogens (tertiary/aromatic N) is 1. The van der Waals surface area contributed by atoms with Crippen molar-refractivity contribution >= 4 is 5.91 Å². The van der Waals surface area contributed by atoms with Gasteiger partial charge in [-0.25, -0.2) is 0 Å². The van der Waals surface area contributed by atoms with E-state index in [1.165, 1.54) is 19.3 Å². The second kappa shape index (κ2) is 10.4. The molecule has 1 aromatic carbocycles. The summed E-state index contributed by atoms with van der Waals surface area (Å²) in [6, 6.07) is 7.26. The van der Waals surface area contributed by atoms with E-state index in [9.17, 15) is 20.1 Å². The summed E-state index contributed by atoms with van der Waals surface area (Å²) in [7, 11) is 0. The molecule has 1 heterocycles. The summed E-state index contributed by atoms with van der Waals surface area (Å²) in [5.41, 5.74) is 1.23. The van der Waals surface area contributed by atoms with Crippen LogP contribution in [0.2, 0.25) is 0 Å². The second-order valence-corrected chi connectivity index (χ2v) is 10.4. The van der Waals surface area contributed by atoms with Crippen LogP contribution in [0.1, 0.15) is 82.9 Å². The summed E-state index contributed by atoms with van der Waals surface area (Å²) >= 11 is 0. The Labute approximate surface area is 186 Å². The summed E-state index contributed by atoms with van der Waals surface area (Å²) in [6.07, 6.45) is 5.29. The van der Waals surface area contributed by atoms with Gasteiger partial charge in [0, 0.05) is 24.5 Å². The number of hydrogen-bond acceptors (Lipinski definition) is 5. The van der Waals surface area contributed by atoms with Crippen LogP contribution in [0.4, 0.5) is 0 Å². The Morgan fingerprint density at radius 3 is 2.42 bits per heavy atom. The number of amides is 1. The number of hydrogen-bond donors (Lipinski definition) is 4. The lowest BCUT2D eigenvalue weighted by molar-refractivity contribution is -0.134. The first-order valence-corrected chi connectivity index (χ1v) is 11.8. The van der Waals surface area contributed by atoms with Crippen molar-refractivity contribution in [3.63, 3.8) is 0 Å². The Morgan fingerprint density at radius 1 is 1.10 bits per heavy atom. The predicted octanol–water partition coefficient (Wildman–Crippen LogP) is 2.90. The van der Waals surface area contributed by atoms with Crippen LogP contribution in [0.15, 0.2) is 24.3 Å². The minimum absolute atomic E-state index is 0.0332. The largest absolute Gasteiger partial charge is 0.392 e. The van der Waals surface area contributed by atoms with Crippen molar-refractivity contribution in [2.45, 2.75) is 102 Å². The minimum atomic E-state index is -0.781. The zero-order chi connectivity index (χ0) is 22.6. The summed E-state index contributed by atoms with van der Waals surface area (Å²) in [6.45, 7) is 6.35. The third-order valence-corrected chi connectivity index (χ3v) is 6.77. The number of benzene rings is 1. The number of nitrogens with one attached hydrogen (secondary N) is 1. The number of carbonyl (C=O) groups is 1. The van der Waals surface area contributed by atoms with Gasteiger partial charge >= 0.3 is 0 Å². The lowest BCUT2D eigenvalue weighted by Crippen LogP contribution is -2.60. The van der Waals surface area contributed by atoms with Gasteiger partial charge in [0.1, 0.15) is 0 Å². The molecule has 0 bridgehead atoms. The molecule has 3 rings (SSSR count). The zero-order valence-corrected chi connectivity index (χ0v) is 19.3. The Kier molecular flexibility index (Phi) is 8.14. The number of β-amino-alcohol motifs (C(OH)–C–C–N with tert-alkyl or cyclic N) is 1. The average Bonchev–Trinajstić information content (AvgIpc) is 2.72. The molecule has 1 aromatic rings. The summed E-state index contributed by atoms with van der Waals surface area (Å²) < 4.78 is 0. The zero-order valence-electron chi connectivity index (χ0n) is 19.3. The van der Waals surface area contributed by atoms with Crippen LogP contribution < -0.4 is 5.32 Å². The molecule has 1 saturated carbocycles. The molecule has 2 fully saturated rings. The molecular weight excluding hydrogens is 392 g/mol. The van der Waals surface area contributed by atoms with Crippen molar-refractivity contribution in [3.05, 3.63) is 35.4 Å². The maximum Gasteiger partial charge on any atom is 0.237 e. The van der Waals surface area contributed by atoms with E-state index >= 15 is 0 Å². The molecule has 1 aliphatic carbocycles. The van der Waals surface area contributed by atoms with Crippen molar-refractivity contribution < 1.29 is 20.1 Å². The van der Waals surface area contributed by atoms with Gasteiger partial charge in [-0.3, -0.25) is 9.69 Å². The first-order valence-electron chi connectivity index (χ1n) is 11.8. The van der Waals surface area contributed by atoms with Gasteiger partial charge < -0.3 is 20.6 Å². The van der Waals surface area contributed by atoms with Gasteiger partial charge in [0.25, 0.3) is 0 Å². The van der Waals surface area contributed by atoms with Crippen molar-refractivity contribution in [2.75, 3.05) is 6.54 Å². The molecule has 0 unspecified atom stereocenters. The van der Waals surface area contributed by atoms with E-state index in [4.69, 9.17) is 0 Å². The second-order valence-electron chi connectivity index (χ2n) is 10.4. The maximum absolute atomic E-state index is 13.1. The molecule has 0 aromatic heterocycles. The molecule has 0 spiro atoms. The van der Waals surface area contributed by atoms with Gasteiger partial charge in [-0.05, 0) is 63.5 Å². The number of aliphatic hydroxyl groups excluding tert-OH is 3. The summed E-state index contributed by atoms with van der Waals surface area (Å²) in [5, 5.41) is 33.8. The third-order valence-electron chi connectivity index (χ3n) is 6.77. The van der Waals surface area contributed by atoms with Crippen LogP contribution in [-0.4, -0.2) is 56.4 Å².